The van der Waals surface area contributed by atoms with Crippen LogP contribution >= 0.6 is 11.6 Å². The van der Waals surface area contributed by atoms with Crippen molar-refractivity contribution < 1.29 is 9.47 Å². The van der Waals surface area contributed by atoms with Gasteiger partial charge in [0.2, 0.25) is 0 Å². The Morgan fingerprint density at radius 2 is 2.00 bits per heavy atom. The fourth-order valence-electron chi connectivity index (χ4n) is 3.48. The molecule has 128 valence electrons. The van der Waals surface area contributed by atoms with Crippen LogP contribution in [0.5, 0.6) is 11.5 Å². The molecule has 0 aromatic carbocycles. The number of aromatic nitrogens is 3. The fourth-order valence-corrected chi connectivity index (χ4v) is 3.64. The molecule has 1 unspecified atom stereocenters. The largest absolute Gasteiger partial charge is 0.454 e. The van der Waals surface area contributed by atoms with Gasteiger partial charge in [0.1, 0.15) is 16.6 Å². The van der Waals surface area contributed by atoms with Gasteiger partial charge in [-0.3, -0.25) is 4.68 Å². The van der Waals surface area contributed by atoms with E-state index in [1.807, 2.05) is 12.3 Å². The van der Waals surface area contributed by atoms with Crippen molar-refractivity contribution in [2.24, 2.45) is 0 Å². The molecule has 24 heavy (non-hydrogen) atoms. The summed E-state index contributed by atoms with van der Waals surface area (Å²) in [6.07, 6.45) is 8.51. The molecule has 1 aliphatic heterocycles. The van der Waals surface area contributed by atoms with Gasteiger partial charge in [-0.05, 0) is 45.6 Å². The highest BCUT2D eigenvalue weighted by Gasteiger charge is 2.33. The number of pyridine rings is 1. The van der Waals surface area contributed by atoms with E-state index in [9.17, 15) is 0 Å². The molecular weight excluding hydrogens is 326 g/mol. The van der Waals surface area contributed by atoms with Crippen molar-refractivity contribution >= 4 is 11.6 Å². The van der Waals surface area contributed by atoms with Crippen molar-refractivity contribution in [3.63, 3.8) is 0 Å². The van der Waals surface area contributed by atoms with E-state index in [1.54, 1.807) is 12.3 Å². The second-order valence-corrected chi connectivity index (χ2v) is 7.32. The molecule has 0 bridgehead atoms. The third-order valence-corrected chi connectivity index (χ3v) is 4.86. The summed E-state index contributed by atoms with van der Waals surface area (Å²) in [4.78, 5) is 4.01. The molecule has 2 fully saturated rings. The Bertz CT molecular complexity index is 719. The molecular formula is C18H22ClN3O2. The molecule has 3 heterocycles. The van der Waals surface area contributed by atoms with Gasteiger partial charge in [0.05, 0.1) is 24.4 Å². The summed E-state index contributed by atoms with van der Waals surface area (Å²) < 4.78 is 14.1. The van der Waals surface area contributed by atoms with E-state index in [4.69, 9.17) is 26.2 Å². The van der Waals surface area contributed by atoms with Crippen LogP contribution in [0.4, 0.5) is 0 Å². The maximum Gasteiger partial charge on any atom is 0.168 e. The Morgan fingerprint density at radius 1 is 1.25 bits per heavy atom. The van der Waals surface area contributed by atoms with Crippen molar-refractivity contribution in [1.82, 2.24) is 14.8 Å². The average Bonchev–Trinajstić information content (AvgIpc) is 3.28. The van der Waals surface area contributed by atoms with E-state index in [1.165, 1.54) is 12.8 Å². The van der Waals surface area contributed by atoms with Crippen LogP contribution in [-0.2, 0) is 4.74 Å². The van der Waals surface area contributed by atoms with E-state index >= 15 is 0 Å². The zero-order valence-corrected chi connectivity index (χ0v) is 14.7. The Labute approximate surface area is 146 Å². The lowest BCUT2D eigenvalue weighted by molar-refractivity contribution is -0.0387. The van der Waals surface area contributed by atoms with Gasteiger partial charge in [-0.2, -0.15) is 5.10 Å². The van der Waals surface area contributed by atoms with Gasteiger partial charge in [0.15, 0.2) is 5.75 Å². The number of ether oxygens (including phenoxy) is 2. The second-order valence-electron chi connectivity index (χ2n) is 6.93. The fraction of sp³-hybridized carbons (Fsp3) is 0.556. The van der Waals surface area contributed by atoms with E-state index in [0.29, 0.717) is 22.9 Å². The predicted octanol–water partition coefficient (Wildman–Crippen LogP) is 4.73. The van der Waals surface area contributed by atoms with Crippen LogP contribution in [0.3, 0.4) is 0 Å². The first-order valence-electron chi connectivity index (χ1n) is 8.62. The SMILES string of the molecule is C[C@@H]1CC(c2nn(C3CC3)cc2Oc2ccnc(Cl)c2)C[C@H](C)O1. The summed E-state index contributed by atoms with van der Waals surface area (Å²) in [5.74, 6) is 1.88. The van der Waals surface area contributed by atoms with E-state index in [2.05, 4.69) is 23.5 Å². The van der Waals surface area contributed by atoms with Crippen LogP contribution in [0.15, 0.2) is 24.5 Å². The monoisotopic (exact) mass is 347 g/mol. The third-order valence-electron chi connectivity index (χ3n) is 4.66. The molecule has 0 spiro atoms. The third kappa shape index (κ3) is 3.42. The zero-order chi connectivity index (χ0) is 16.7. The van der Waals surface area contributed by atoms with Crippen LogP contribution in [0, 0.1) is 0 Å². The summed E-state index contributed by atoms with van der Waals surface area (Å²) in [5, 5.41) is 5.30. The Hall–Kier alpha value is -1.59. The summed E-state index contributed by atoms with van der Waals surface area (Å²) in [6.45, 7) is 4.26. The molecule has 1 saturated heterocycles. The lowest BCUT2D eigenvalue weighted by Gasteiger charge is -2.31. The van der Waals surface area contributed by atoms with Crippen molar-refractivity contribution in [2.45, 2.75) is 63.7 Å². The molecule has 0 amide bonds. The average molecular weight is 348 g/mol. The van der Waals surface area contributed by atoms with Crippen molar-refractivity contribution in [3.05, 3.63) is 35.4 Å². The topological polar surface area (TPSA) is 49.2 Å². The van der Waals surface area contributed by atoms with Crippen LogP contribution in [0.2, 0.25) is 5.15 Å². The minimum atomic E-state index is 0.244. The standard InChI is InChI=1S/C18H22ClN3O2/c1-11-7-13(8-12(2)23-11)18-16(10-22(21-18)14-3-4-14)24-15-5-6-20-17(19)9-15/h5-6,9-14H,3-4,7-8H2,1-2H3/t11-,12+,13?. The van der Waals surface area contributed by atoms with Gasteiger partial charge in [-0.1, -0.05) is 11.6 Å². The summed E-state index contributed by atoms with van der Waals surface area (Å²) in [7, 11) is 0. The van der Waals surface area contributed by atoms with Gasteiger partial charge >= 0.3 is 0 Å². The Morgan fingerprint density at radius 3 is 2.67 bits per heavy atom. The van der Waals surface area contributed by atoms with Crippen molar-refractivity contribution in [1.29, 1.82) is 0 Å². The molecule has 6 heteroatoms. The van der Waals surface area contributed by atoms with Crippen molar-refractivity contribution in [3.8, 4) is 11.5 Å². The molecule has 0 radical (unpaired) electrons. The second kappa shape index (κ2) is 6.37. The molecule has 1 aliphatic carbocycles. The normalized spacial score (nSPS) is 27.2. The molecule has 2 aliphatic rings. The Kier molecular flexibility index (Phi) is 4.22. The van der Waals surface area contributed by atoms with Crippen LogP contribution < -0.4 is 4.74 Å². The first-order chi connectivity index (χ1) is 11.6. The van der Waals surface area contributed by atoms with E-state index in [-0.39, 0.29) is 12.2 Å². The molecule has 2 aromatic rings. The molecule has 2 aromatic heterocycles. The highest BCUT2D eigenvalue weighted by atomic mass is 35.5. The number of hydrogen-bond donors (Lipinski definition) is 0. The Balaban J connectivity index is 1.64. The molecule has 3 atom stereocenters. The number of halogens is 1. The quantitative estimate of drug-likeness (QED) is 0.750. The molecule has 5 nitrogen and oxygen atoms in total. The van der Waals surface area contributed by atoms with E-state index < -0.39 is 0 Å². The first kappa shape index (κ1) is 15.9. The van der Waals surface area contributed by atoms with E-state index in [0.717, 1.165) is 24.3 Å². The highest BCUT2D eigenvalue weighted by Crippen LogP contribution is 2.42. The lowest BCUT2D eigenvalue weighted by Crippen LogP contribution is -2.28. The number of nitrogens with zero attached hydrogens (tertiary/aromatic N) is 3. The predicted molar refractivity (Wildman–Crippen MR) is 91.8 cm³/mol. The summed E-state index contributed by atoms with van der Waals surface area (Å²) >= 11 is 5.97. The lowest BCUT2D eigenvalue weighted by atomic mass is 9.89. The van der Waals surface area contributed by atoms with Crippen LogP contribution in [-0.4, -0.2) is 27.0 Å². The van der Waals surface area contributed by atoms with Gasteiger partial charge < -0.3 is 9.47 Å². The molecule has 4 rings (SSSR count). The minimum absolute atomic E-state index is 0.244. The first-order valence-corrected chi connectivity index (χ1v) is 9.00. The van der Waals surface area contributed by atoms with Gasteiger partial charge in [0, 0.05) is 18.2 Å². The molecule has 1 saturated carbocycles. The number of rotatable bonds is 4. The zero-order valence-electron chi connectivity index (χ0n) is 14.0. The minimum Gasteiger partial charge on any atom is -0.454 e. The summed E-state index contributed by atoms with van der Waals surface area (Å²) in [5.41, 5.74) is 1.04. The van der Waals surface area contributed by atoms with Crippen LogP contribution in [0.1, 0.15) is 57.2 Å². The summed E-state index contributed by atoms with van der Waals surface area (Å²) in [6, 6.07) is 4.07. The maximum absolute atomic E-state index is 6.12. The highest BCUT2D eigenvalue weighted by molar-refractivity contribution is 6.29. The van der Waals surface area contributed by atoms with Crippen molar-refractivity contribution in [2.75, 3.05) is 0 Å². The van der Waals surface area contributed by atoms with Gasteiger partial charge in [-0.25, -0.2) is 4.98 Å². The number of hydrogen-bond acceptors (Lipinski definition) is 4. The molecule has 0 N–H and O–H groups in total. The smallest absolute Gasteiger partial charge is 0.168 e. The van der Waals surface area contributed by atoms with Gasteiger partial charge in [-0.15, -0.1) is 0 Å². The maximum atomic E-state index is 6.12. The van der Waals surface area contributed by atoms with Crippen LogP contribution in [0.25, 0.3) is 0 Å². The van der Waals surface area contributed by atoms with Gasteiger partial charge in [0.25, 0.3) is 0 Å².